The molecule has 1 amide bonds. The van der Waals surface area contributed by atoms with Crippen molar-refractivity contribution < 1.29 is 4.79 Å². The number of aromatic nitrogens is 2. The number of fused-ring (bicyclic) bond motifs is 1. The summed E-state index contributed by atoms with van der Waals surface area (Å²) in [4.78, 5) is 31.7. The highest BCUT2D eigenvalue weighted by atomic mass is 127. The standard InChI is InChI=1S/C18H24IN3O2S/c1-4-9-21(10-5-2)16(23)12-25-18-20-15-8-7-13(19)11-14(15)17(24)22(18)6-3/h7-8,11H,4-6,9-10,12H2,1-3H3. The topological polar surface area (TPSA) is 55.2 Å². The van der Waals surface area contributed by atoms with E-state index in [0.29, 0.717) is 28.4 Å². The predicted molar refractivity (Wildman–Crippen MR) is 112 cm³/mol. The van der Waals surface area contributed by atoms with E-state index in [1.54, 1.807) is 4.57 Å². The van der Waals surface area contributed by atoms with Crippen molar-refractivity contribution in [1.29, 1.82) is 0 Å². The second-order valence-corrected chi connectivity index (χ2v) is 7.96. The first-order chi connectivity index (χ1) is 12.0. The normalized spacial score (nSPS) is 11.0. The quantitative estimate of drug-likeness (QED) is 0.333. The fraction of sp³-hybridized carbons (Fsp3) is 0.500. The molecule has 1 aromatic heterocycles. The Kier molecular flexibility index (Phi) is 7.74. The van der Waals surface area contributed by atoms with Crippen LogP contribution >= 0.6 is 34.4 Å². The molecule has 2 rings (SSSR count). The largest absolute Gasteiger partial charge is 0.342 e. The van der Waals surface area contributed by atoms with Gasteiger partial charge in [0.1, 0.15) is 0 Å². The zero-order chi connectivity index (χ0) is 18.4. The van der Waals surface area contributed by atoms with Gasteiger partial charge in [0.2, 0.25) is 5.91 Å². The van der Waals surface area contributed by atoms with Crippen LogP contribution in [0.1, 0.15) is 33.6 Å². The first-order valence-electron chi connectivity index (χ1n) is 8.62. The van der Waals surface area contributed by atoms with E-state index in [0.717, 1.165) is 29.5 Å². The summed E-state index contributed by atoms with van der Waals surface area (Å²) in [5.74, 6) is 0.413. The van der Waals surface area contributed by atoms with Gasteiger partial charge in [-0.2, -0.15) is 0 Å². The van der Waals surface area contributed by atoms with Gasteiger partial charge in [-0.3, -0.25) is 14.2 Å². The molecule has 136 valence electrons. The molecule has 0 fully saturated rings. The number of benzene rings is 1. The van der Waals surface area contributed by atoms with E-state index >= 15 is 0 Å². The second kappa shape index (κ2) is 9.56. The number of nitrogens with zero attached hydrogens (tertiary/aromatic N) is 3. The van der Waals surface area contributed by atoms with Gasteiger partial charge in [-0.1, -0.05) is 25.6 Å². The lowest BCUT2D eigenvalue weighted by atomic mass is 10.2. The summed E-state index contributed by atoms with van der Waals surface area (Å²) < 4.78 is 2.66. The Morgan fingerprint density at radius 3 is 2.52 bits per heavy atom. The highest BCUT2D eigenvalue weighted by Gasteiger charge is 2.16. The van der Waals surface area contributed by atoms with Gasteiger partial charge in [0.25, 0.3) is 5.56 Å². The maximum absolute atomic E-state index is 12.7. The van der Waals surface area contributed by atoms with E-state index in [1.165, 1.54) is 11.8 Å². The number of amides is 1. The van der Waals surface area contributed by atoms with Crippen molar-refractivity contribution in [3.63, 3.8) is 0 Å². The first kappa shape index (κ1) is 20.2. The second-order valence-electron chi connectivity index (χ2n) is 5.77. The predicted octanol–water partition coefficient (Wildman–Crippen LogP) is 3.76. The minimum Gasteiger partial charge on any atom is -0.342 e. The van der Waals surface area contributed by atoms with Gasteiger partial charge in [-0.15, -0.1) is 0 Å². The van der Waals surface area contributed by atoms with Crippen molar-refractivity contribution in [3.8, 4) is 0 Å². The average molecular weight is 473 g/mol. The molecule has 1 aromatic carbocycles. The zero-order valence-corrected chi connectivity index (χ0v) is 17.9. The van der Waals surface area contributed by atoms with E-state index < -0.39 is 0 Å². The lowest BCUT2D eigenvalue weighted by molar-refractivity contribution is -0.128. The van der Waals surface area contributed by atoms with Crippen LogP contribution in [0.3, 0.4) is 0 Å². The van der Waals surface area contributed by atoms with Crippen molar-refractivity contribution in [2.75, 3.05) is 18.8 Å². The Hall–Kier alpha value is -1.09. The van der Waals surface area contributed by atoms with Crippen molar-refractivity contribution in [3.05, 3.63) is 32.1 Å². The minimum absolute atomic E-state index is 0.0417. The van der Waals surface area contributed by atoms with Crippen LogP contribution in [0.25, 0.3) is 10.9 Å². The van der Waals surface area contributed by atoms with Crippen molar-refractivity contribution >= 4 is 51.2 Å². The molecule has 0 spiro atoms. The van der Waals surface area contributed by atoms with Gasteiger partial charge in [0.05, 0.1) is 16.7 Å². The summed E-state index contributed by atoms with van der Waals surface area (Å²) in [6, 6.07) is 5.67. The SMILES string of the molecule is CCCN(CCC)C(=O)CSc1nc2ccc(I)cc2c(=O)n1CC. The molecule has 0 bridgehead atoms. The number of rotatable bonds is 8. The number of halogens is 1. The number of hydrogen-bond acceptors (Lipinski definition) is 4. The average Bonchev–Trinajstić information content (AvgIpc) is 2.60. The molecule has 1 heterocycles. The van der Waals surface area contributed by atoms with E-state index in [1.807, 2.05) is 30.0 Å². The molecule has 0 N–H and O–H groups in total. The molecule has 5 nitrogen and oxygen atoms in total. The Balaban J connectivity index is 2.27. The van der Waals surface area contributed by atoms with Crippen LogP contribution in [0.2, 0.25) is 0 Å². The summed E-state index contributed by atoms with van der Waals surface area (Å²) >= 11 is 3.55. The molecule has 0 aliphatic heterocycles. The van der Waals surface area contributed by atoms with Crippen LogP contribution in [0.5, 0.6) is 0 Å². The molecule has 0 radical (unpaired) electrons. The van der Waals surface area contributed by atoms with Crippen LogP contribution in [0.15, 0.2) is 28.2 Å². The van der Waals surface area contributed by atoms with E-state index in [9.17, 15) is 9.59 Å². The fourth-order valence-electron chi connectivity index (χ4n) is 2.68. The molecule has 25 heavy (non-hydrogen) atoms. The highest BCUT2D eigenvalue weighted by molar-refractivity contribution is 14.1. The lowest BCUT2D eigenvalue weighted by Gasteiger charge is -2.21. The molecule has 0 saturated carbocycles. The lowest BCUT2D eigenvalue weighted by Crippen LogP contribution is -2.34. The minimum atomic E-state index is -0.0417. The molecular weight excluding hydrogens is 449 g/mol. The summed E-state index contributed by atoms with van der Waals surface area (Å²) in [7, 11) is 0. The number of carbonyl (C=O) groups excluding carboxylic acids is 1. The Morgan fingerprint density at radius 1 is 1.24 bits per heavy atom. The van der Waals surface area contributed by atoms with Crippen LogP contribution in [-0.2, 0) is 11.3 Å². The third-order valence-corrected chi connectivity index (χ3v) is 5.49. The fourth-order valence-corrected chi connectivity index (χ4v) is 4.14. The Bertz CT molecular complexity index is 801. The number of hydrogen-bond donors (Lipinski definition) is 0. The van der Waals surface area contributed by atoms with Gasteiger partial charge < -0.3 is 4.90 Å². The molecular formula is C18H24IN3O2S. The zero-order valence-electron chi connectivity index (χ0n) is 14.9. The maximum Gasteiger partial charge on any atom is 0.262 e. The summed E-state index contributed by atoms with van der Waals surface area (Å²) in [5.41, 5.74) is 0.643. The van der Waals surface area contributed by atoms with Gasteiger partial charge in [0, 0.05) is 23.2 Å². The van der Waals surface area contributed by atoms with Crippen molar-refractivity contribution in [1.82, 2.24) is 14.5 Å². The number of thioether (sulfide) groups is 1. The molecule has 0 aliphatic carbocycles. The highest BCUT2D eigenvalue weighted by Crippen LogP contribution is 2.20. The van der Waals surface area contributed by atoms with Crippen molar-refractivity contribution in [2.24, 2.45) is 0 Å². The Morgan fingerprint density at radius 2 is 1.92 bits per heavy atom. The molecule has 0 atom stereocenters. The van der Waals surface area contributed by atoms with E-state index in [2.05, 4.69) is 41.4 Å². The third-order valence-electron chi connectivity index (χ3n) is 3.86. The van der Waals surface area contributed by atoms with E-state index in [4.69, 9.17) is 0 Å². The first-order valence-corrected chi connectivity index (χ1v) is 10.7. The molecule has 0 aliphatic rings. The van der Waals surface area contributed by atoms with Crippen molar-refractivity contribution in [2.45, 2.75) is 45.3 Å². The van der Waals surface area contributed by atoms with Crippen LogP contribution in [0.4, 0.5) is 0 Å². The van der Waals surface area contributed by atoms with Gasteiger partial charge >= 0.3 is 0 Å². The monoisotopic (exact) mass is 473 g/mol. The van der Waals surface area contributed by atoms with Gasteiger partial charge in [-0.25, -0.2) is 4.98 Å². The van der Waals surface area contributed by atoms with Gasteiger partial charge in [-0.05, 0) is 60.6 Å². The van der Waals surface area contributed by atoms with Crippen LogP contribution in [0, 0.1) is 3.57 Å². The van der Waals surface area contributed by atoms with Crippen LogP contribution in [-0.4, -0.2) is 39.2 Å². The molecule has 0 unspecified atom stereocenters. The van der Waals surface area contributed by atoms with Crippen LogP contribution < -0.4 is 5.56 Å². The summed E-state index contributed by atoms with van der Waals surface area (Å²) in [6.45, 7) is 8.16. The Labute approximate surface area is 166 Å². The summed E-state index contributed by atoms with van der Waals surface area (Å²) in [5, 5.41) is 1.24. The molecule has 2 aromatic rings. The molecule has 0 saturated heterocycles. The maximum atomic E-state index is 12.7. The summed E-state index contributed by atoms with van der Waals surface area (Å²) in [6.07, 6.45) is 1.89. The smallest absolute Gasteiger partial charge is 0.262 e. The molecule has 7 heteroatoms. The van der Waals surface area contributed by atoms with Gasteiger partial charge in [0.15, 0.2) is 5.16 Å². The van der Waals surface area contributed by atoms with E-state index in [-0.39, 0.29) is 11.5 Å². The third kappa shape index (κ3) is 4.97. The number of carbonyl (C=O) groups is 1.